The quantitative estimate of drug-likeness (QED) is 0.860. The molecule has 0 aliphatic heterocycles. The van der Waals surface area contributed by atoms with E-state index in [-0.39, 0.29) is 0 Å². The van der Waals surface area contributed by atoms with Crippen LogP contribution in [0.2, 0.25) is 0 Å². The van der Waals surface area contributed by atoms with Crippen molar-refractivity contribution in [3.05, 3.63) is 34.9 Å². The van der Waals surface area contributed by atoms with E-state index in [0.29, 0.717) is 6.04 Å². The van der Waals surface area contributed by atoms with Crippen molar-refractivity contribution < 1.29 is 5.11 Å². The molecule has 1 fully saturated rings. The van der Waals surface area contributed by atoms with E-state index in [0.717, 1.165) is 37.8 Å². The average Bonchev–Trinajstić information content (AvgIpc) is 2.36. The highest BCUT2D eigenvalue weighted by molar-refractivity contribution is 5.35. The van der Waals surface area contributed by atoms with E-state index in [1.807, 2.05) is 0 Å². The van der Waals surface area contributed by atoms with Crippen LogP contribution in [0.1, 0.15) is 49.3 Å². The topological polar surface area (TPSA) is 32.3 Å². The molecule has 100 valence electrons. The Kier molecular flexibility index (Phi) is 4.08. The number of hydrogen-bond donors (Lipinski definition) is 2. The molecule has 0 amide bonds. The number of hydrogen-bond acceptors (Lipinski definition) is 2. The molecule has 0 saturated heterocycles. The van der Waals surface area contributed by atoms with Crippen molar-refractivity contribution in [2.75, 3.05) is 6.54 Å². The first-order valence-corrected chi connectivity index (χ1v) is 7.08. The number of aliphatic hydroxyl groups is 1. The molecule has 1 aromatic carbocycles. The highest BCUT2D eigenvalue weighted by Gasteiger charge is 2.35. The zero-order chi connectivity index (χ0) is 13.2. The molecule has 0 spiro atoms. The highest BCUT2D eigenvalue weighted by Crippen LogP contribution is 2.38. The molecule has 0 heterocycles. The van der Waals surface area contributed by atoms with Crippen LogP contribution >= 0.6 is 0 Å². The van der Waals surface area contributed by atoms with Gasteiger partial charge in [-0.25, -0.2) is 0 Å². The lowest BCUT2D eigenvalue weighted by Crippen LogP contribution is -2.40. The van der Waals surface area contributed by atoms with Gasteiger partial charge in [-0.1, -0.05) is 30.7 Å². The van der Waals surface area contributed by atoms with E-state index in [2.05, 4.69) is 44.3 Å². The van der Waals surface area contributed by atoms with E-state index in [1.54, 1.807) is 0 Å². The van der Waals surface area contributed by atoms with Crippen LogP contribution in [0.4, 0.5) is 0 Å². The normalized spacial score (nSPS) is 28.3. The third kappa shape index (κ3) is 2.76. The first-order chi connectivity index (χ1) is 8.55. The van der Waals surface area contributed by atoms with Gasteiger partial charge in [-0.3, -0.25) is 0 Å². The SMILES string of the molecule is CCNC1CCC(O)(c2cc(C)ccc2C)CC1. The standard InChI is InChI=1S/C16H25NO/c1-4-17-14-7-9-16(18,10-8-14)15-11-12(2)5-6-13(15)3/h5-6,11,14,17-18H,4,7-10H2,1-3H3. The lowest BCUT2D eigenvalue weighted by atomic mass is 9.76. The maximum atomic E-state index is 10.9. The maximum Gasteiger partial charge on any atom is 0.0900 e. The molecule has 1 aromatic rings. The van der Waals surface area contributed by atoms with Crippen molar-refractivity contribution >= 4 is 0 Å². The second kappa shape index (κ2) is 5.41. The summed E-state index contributed by atoms with van der Waals surface area (Å²) in [6.07, 6.45) is 3.87. The molecular weight excluding hydrogens is 222 g/mol. The maximum absolute atomic E-state index is 10.9. The third-order valence-electron chi connectivity index (χ3n) is 4.20. The molecule has 1 aliphatic rings. The lowest BCUT2D eigenvalue weighted by molar-refractivity contribution is -0.00871. The molecular formula is C16H25NO. The van der Waals surface area contributed by atoms with Gasteiger partial charge in [0.05, 0.1) is 5.60 Å². The molecule has 1 aliphatic carbocycles. The highest BCUT2D eigenvalue weighted by atomic mass is 16.3. The molecule has 2 heteroatoms. The van der Waals surface area contributed by atoms with Gasteiger partial charge >= 0.3 is 0 Å². The minimum Gasteiger partial charge on any atom is -0.385 e. The summed E-state index contributed by atoms with van der Waals surface area (Å²) in [5, 5.41) is 14.4. The predicted molar refractivity (Wildman–Crippen MR) is 75.7 cm³/mol. The first kappa shape index (κ1) is 13.6. The van der Waals surface area contributed by atoms with Gasteiger partial charge in [0.2, 0.25) is 0 Å². The van der Waals surface area contributed by atoms with Crippen LogP contribution in [-0.4, -0.2) is 17.7 Å². The zero-order valence-electron chi connectivity index (χ0n) is 11.8. The summed E-state index contributed by atoms with van der Waals surface area (Å²) < 4.78 is 0. The van der Waals surface area contributed by atoms with E-state index < -0.39 is 5.60 Å². The van der Waals surface area contributed by atoms with Crippen LogP contribution in [0.25, 0.3) is 0 Å². The Labute approximate surface area is 110 Å². The van der Waals surface area contributed by atoms with Gasteiger partial charge in [0.25, 0.3) is 0 Å². The minimum absolute atomic E-state index is 0.584. The number of benzene rings is 1. The molecule has 0 radical (unpaired) electrons. The van der Waals surface area contributed by atoms with Crippen LogP contribution in [0.5, 0.6) is 0 Å². The Morgan fingerprint density at radius 2 is 1.94 bits per heavy atom. The summed E-state index contributed by atoms with van der Waals surface area (Å²) >= 11 is 0. The van der Waals surface area contributed by atoms with Crippen molar-refractivity contribution in [3.8, 4) is 0 Å². The molecule has 0 aromatic heterocycles. The van der Waals surface area contributed by atoms with E-state index in [1.165, 1.54) is 11.1 Å². The summed E-state index contributed by atoms with van der Waals surface area (Å²) in [4.78, 5) is 0. The number of rotatable bonds is 3. The fourth-order valence-electron chi connectivity index (χ4n) is 3.09. The summed E-state index contributed by atoms with van der Waals surface area (Å²) in [5.41, 5.74) is 2.97. The molecule has 2 N–H and O–H groups in total. The second-order valence-corrected chi connectivity index (χ2v) is 5.68. The van der Waals surface area contributed by atoms with Crippen LogP contribution in [-0.2, 0) is 5.60 Å². The third-order valence-corrected chi connectivity index (χ3v) is 4.20. The van der Waals surface area contributed by atoms with E-state index >= 15 is 0 Å². The van der Waals surface area contributed by atoms with Gasteiger partial charge in [-0.05, 0) is 57.2 Å². The summed E-state index contributed by atoms with van der Waals surface area (Å²) in [7, 11) is 0. The Bertz CT molecular complexity index is 406. The molecule has 2 rings (SSSR count). The van der Waals surface area contributed by atoms with Gasteiger partial charge in [-0.15, -0.1) is 0 Å². The van der Waals surface area contributed by atoms with E-state index in [4.69, 9.17) is 0 Å². The molecule has 1 saturated carbocycles. The molecule has 18 heavy (non-hydrogen) atoms. The van der Waals surface area contributed by atoms with Crippen molar-refractivity contribution in [2.45, 2.75) is 58.1 Å². The van der Waals surface area contributed by atoms with Gasteiger partial charge < -0.3 is 10.4 Å². The van der Waals surface area contributed by atoms with Crippen LogP contribution in [0, 0.1) is 13.8 Å². The fraction of sp³-hybridized carbons (Fsp3) is 0.625. The van der Waals surface area contributed by atoms with Crippen LogP contribution in [0.3, 0.4) is 0 Å². The van der Waals surface area contributed by atoms with Crippen LogP contribution in [0.15, 0.2) is 18.2 Å². The fourth-order valence-corrected chi connectivity index (χ4v) is 3.09. The van der Waals surface area contributed by atoms with Crippen molar-refractivity contribution in [3.63, 3.8) is 0 Å². The second-order valence-electron chi connectivity index (χ2n) is 5.68. The molecule has 0 unspecified atom stereocenters. The van der Waals surface area contributed by atoms with Crippen molar-refractivity contribution in [2.24, 2.45) is 0 Å². The lowest BCUT2D eigenvalue weighted by Gasteiger charge is -2.37. The molecule has 0 bridgehead atoms. The predicted octanol–water partition coefficient (Wildman–Crippen LogP) is 3.04. The number of aryl methyl sites for hydroxylation is 2. The Morgan fingerprint density at radius 3 is 2.56 bits per heavy atom. The largest absolute Gasteiger partial charge is 0.385 e. The van der Waals surface area contributed by atoms with Gasteiger partial charge in [0, 0.05) is 6.04 Å². The minimum atomic E-state index is -0.609. The Hall–Kier alpha value is -0.860. The smallest absolute Gasteiger partial charge is 0.0900 e. The van der Waals surface area contributed by atoms with Crippen LogP contribution < -0.4 is 5.32 Å². The average molecular weight is 247 g/mol. The Morgan fingerprint density at radius 1 is 1.28 bits per heavy atom. The first-order valence-electron chi connectivity index (χ1n) is 7.08. The van der Waals surface area contributed by atoms with Crippen molar-refractivity contribution in [1.29, 1.82) is 0 Å². The summed E-state index contributed by atoms with van der Waals surface area (Å²) in [6.45, 7) is 7.36. The Balaban J connectivity index is 2.15. The number of nitrogens with one attached hydrogen (secondary N) is 1. The van der Waals surface area contributed by atoms with Gasteiger partial charge in [-0.2, -0.15) is 0 Å². The van der Waals surface area contributed by atoms with Gasteiger partial charge in [0.15, 0.2) is 0 Å². The zero-order valence-corrected chi connectivity index (χ0v) is 11.8. The monoisotopic (exact) mass is 247 g/mol. The molecule has 0 atom stereocenters. The van der Waals surface area contributed by atoms with Crippen molar-refractivity contribution in [1.82, 2.24) is 5.32 Å². The summed E-state index contributed by atoms with van der Waals surface area (Å²) in [6, 6.07) is 6.98. The molecule has 2 nitrogen and oxygen atoms in total. The van der Waals surface area contributed by atoms with E-state index in [9.17, 15) is 5.11 Å². The van der Waals surface area contributed by atoms with Gasteiger partial charge in [0.1, 0.15) is 0 Å². The summed E-state index contributed by atoms with van der Waals surface area (Å²) in [5.74, 6) is 0.